The summed E-state index contributed by atoms with van der Waals surface area (Å²) in [4.78, 5) is 15.1. The normalized spacial score (nSPS) is 10.2. The summed E-state index contributed by atoms with van der Waals surface area (Å²) in [6.07, 6.45) is 4.87. The van der Waals surface area contributed by atoms with Crippen LogP contribution in [-0.2, 0) is 6.54 Å². The van der Waals surface area contributed by atoms with E-state index in [1.807, 2.05) is 0 Å². The van der Waals surface area contributed by atoms with Crippen LogP contribution in [0.5, 0.6) is 0 Å². The van der Waals surface area contributed by atoms with Gasteiger partial charge >= 0.3 is 0 Å². The van der Waals surface area contributed by atoms with Gasteiger partial charge in [-0.2, -0.15) is 5.10 Å². The molecule has 1 amide bonds. The molecule has 2 rings (SSSR count). The Balaban J connectivity index is 1.90. The SMILES string of the molecule is NC(=O)c1ccnc(NCCn2cc(N)cn2)c1. The maximum absolute atomic E-state index is 11.0. The van der Waals surface area contributed by atoms with E-state index in [0.717, 1.165) is 0 Å². The highest BCUT2D eigenvalue weighted by Crippen LogP contribution is 2.06. The molecule has 0 saturated heterocycles. The summed E-state index contributed by atoms with van der Waals surface area (Å²) in [5.74, 6) is 0.131. The molecule has 2 heterocycles. The zero-order chi connectivity index (χ0) is 13.0. The zero-order valence-electron chi connectivity index (χ0n) is 9.71. The predicted molar refractivity (Wildman–Crippen MR) is 67.9 cm³/mol. The maximum Gasteiger partial charge on any atom is 0.248 e. The van der Waals surface area contributed by atoms with Crippen molar-refractivity contribution < 1.29 is 4.79 Å². The van der Waals surface area contributed by atoms with Crippen LogP contribution in [0.15, 0.2) is 30.7 Å². The number of pyridine rings is 1. The number of rotatable bonds is 5. The molecular formula is C11H14N6O. The molecule has 7 nitrogen and oxygen atoms in total. The summed E-state index contributed by atoms with van der Waals surface area (Å²) in [7, 11) is 0. The third kappa shape index (κ3) is 2.97. The largest absolute Gasteiger partial charge is 0.396 e. The van der Waals surface area contributed by atoms with Crippen molar-refractivity contribution in [3.8, 4) is 0 Å². The van der Waals surface area contributed by atoms with Crippen molar-refractivity contribution in [2.75, 3.05) is 17.6 Å². The smallest absolute Gasteiger partial charge is 0.248 e. The molecule has 0 bridgehead atoms. The van der Waals surface area contributed by atoms with E-state index in [1.54, 1.807) is 29.2 Å². The number of primary amides is 1. The van der Waals surface area contributed by atoms with E-state index in [4.69, 9.17) is 11.5 Å². The fourth-order valence-corrected chi connectivity index (χ4v) is 1.48. The zero-order valence-corrected chi connectivity index (χ0v) is 9.71. The number of nitrogens with two attached hydrogens (primary N) is 2. The van der Waals surface area contributed by atoms with Gasteiger partial charge in [0.2, 0.25) is 5.91 Å². The van der Waals surface area contributed by atoms with E-state index >= 15 is 0 Å². The summed E-state index contributed by atoms with van der Waals surface area (Å²) in [5, 5.41) is 7.13. The van der Waals surface area contributed by atoms with Crippen molar-refractivity contribution in [3.05, 3.63) is 36.3 Å². The Labute approximate surface area is 104 Å². The highest BCUT2D eigenvalue weighted by atomic mass is 16.1. The molecule has 7 heteroatoms. The minimum atomic E-state index is -0.472. The van der Waals surface area contributed by atoms with Gasteiger partial charge in [-0.15, -0.1) is 0 Å². The summed E-state index contributed by atoms with van der Waals surface area (Å²) in [6, 6.07) is 3.18. The van der Waals surface area contributed by atoms with Gasteiger partial charge in [-0.25, -0.2) is 4.98 Å². The molecule has 0 aliphatic heterocycles. The number of amides is 1. The fraction of sp³-hybridized carbons (Fsp3) is 0.182. The lowest BCUT2D eigenvalue weighted by Gasteiger charge is -2.06. The topological polar surface area (TPSA) is 112 Å². The van der Waals surface area contributed by atoms with Crippen molar-refractivity contribution >= 4 is 17.4 Å². The van der Waals surface area contributed by atoms with Gasteiger partial charge in [-0.05, 0) is 12.1 Å². The van der Waals surface area contributed by atoms with Gasteiger partial charge in [-0.3, -0.25) is 9.48 Å². The molecule has 0 unspecified atom stereocenters. The molecule has 2 aromatic rings. The monoisotopic (exact) mass is 246 g/mol. The average Bonchev–Trinajstić information content (AvgIpc) is 2.75. The molecule has 18 heavy (non-hydrogen) atoms. The highest BCUT2D eigenvalue weighted by Gasteiger charge is 2.02. The minimum absolute atomic E-state index is 0.427. The number of carbonyl (C=O) groups excluding carboxylic acids is 1. The number of anilines is 2. The second-order valence-electron chi connectivity index (χ2n) is 3.76. The lowest BCUT2D eigenvalue weighted by molar-refractivity contribution is 0.1000. The van der Waals surface area contributed by atoms with E-state index in [0.29, 0.717) is 30.2 Å². The van der Waals surface area contributed by atoms with Gasteiger partial charge in [0, 0.05) is 24.5 Å². The van der Waals surface area contributed by atoms with Gasteiger partial charge in [0.25, 0.3) is 0 Å². The van der Waals surface area contributed by atoms with Gasteiger partial charge in [0.15, 0.2) is 0 Å². The Morgan fingerprint density at radius 1 is 1.50 bits per heavy atom. The Bertz CT molecular complexity index is 550. The first-order valence-corrected chi connectivity index (χ1v) is 5.43. The lowest BCUT2D eigenvalue weighted by atomic mass is 10.2. The first-order chi connectivity index (χ1) is 8.65. The van der Waals surface area contributed by atoms with Crippen molar-refractivity contribution in [1.82, 2.24) is 14.8 Å². The van der Waals surface area contributed by atoms with Crippen LogP contribution in [0.1, 0.15) is 10.4 Å². The second-order valence-corrected chi connectivity index (χ2v) is 3.76. The first kappa shape index (κ1) is 11.9. The van der Waals surface area contributed by atoms with E-state index in [-0.39, 0.29) is 0 Å². The average molecular weight is 246 g/mol. The molecule has 0 fully saturated rings. The predicted octanol–water partition coefficient (Wildman–Crippen LogP) is 0.0713. The number of nitrogen functional groups attached to an aromatic ring is 1. The summed E-state index contributed by atoms with van der Waals surface area (Å²) in [6.45, 7) is 1.27. The van der Waals surface area contributed by atoms with E-state index in [1.165, 1.54) is 6.20 Å². The van der Waals surface area contributed by atoms with Crippen LogP contribution in [0.3, 0.4) is 0 Å². The number of hydrogen-bond donors (Lipinski definition) is 3. The molecule has 94 valence electrons. The van der Waals surface area contributed by atoms with Crippen molar-refractivity contribution in [3.63, 3.8) is 0 Å². The van der Waals surface area contributed by atoms with Crippen LogP contribution in [-0.4, -0.2) is 27.2 Å². The highest BCUT2D eigenvalue weighted by molar-refractivity contribution is 5.93. The summed E-state index contributed by atoms with van der Waals surface area (Å²) in [5.41, 5.74) is 11.8. The van der Waals surface area contributed by atoms with E-state index in [9.17, 15) is 4.79 Å². The van der Waals surface area contributed by atoms with Crippen LogP contribution in [0.25, 0.3) is 0 Å². The number of nitrogens with one attached hydrogen (secondary N) is 1. The molecular weight excluding hydrogens is 232 g/mol. The van der Waals surface area contributed by atoms with Crippen LogP contribution < -0.4 is 16.8 Å². The van der Waals surface area contributed by atoms with Crippen molar-refractivity contribution in [2.24, 2.45) is 5.73 Å². The van der Waals surface area contributed by atoms with Crippen LogP contribution in [0.4, 0.5) is 11.5 Å². The lowest BCUT2D eigenvalue weighted by Crippen LogP contribution is -2.14. The number of aromatic nitrogens is 3. The van der Waals surface area contributed by atoms with Gasteiger partial charge < -0.3 is 16.8 Å². The van der Waals surface area contributed by atoms with Crippen LogP contribution in [0, 0.1) is 0 Å². The standard InChI is InChI=1S/C11H14N6O/c12-9-6-16-17(7-9)4-3-15-10-5-8(11(13)18)1-2-14-10/h1-2,5-7H,3-4,12H2,(H2,13,18)(H,14,15). The van der Waals surface area contributed by atoms with Gasteiger partial charge in [0.05, 0.1) is 18.4 Å². The quantitative estimate of drug-likeness (QED) is 0.691. The molecule has 0 aromatic carbocycles. The third-order valence-electron chi connectivity index (χ3n) is 2.34. The second kappa shape index (κ2) is 5.17. The summed E-state index contributed by atoms with van der Waals surface area (Å²) >= 11 is 0. The van der Waals surface area contributed by atoms with Crippen molar-refractivity contribution in [2.45, 2.75) is 6.54 Å². The Morgan fingerprint density at radius 3 is 3.00 bits per heavy atom. The van der Waals surface area contributed by atoms with Gasteiger partial charge in [-0.1, -0.05) is 0 Å². The minimum Gasteiger partial charge on any atom is -0.396 e. The molecule has 0 aliphatic rings. The van der Waals surface area contributed by atoms with Gasteiger partial charge in [0.1, 0.15) is 5.82 Å². The molecule has 0 atom stereocenters. The molecule has 0 radical (unpaired) electrons. The molecule has 2 aromatic heterocycles. The molecule has 0 saturated carbocycles. The number of nitrogens with zero attached hydrogens (tertiary/aromatic N) is 3. The van der Waals surface area contributed by atoms with E-state index < -0.39 is 5.91 Å². The summed E-state index contributed by atoms with van der Waals surface area (Å²) < 4.78 is 1.72. The Hall–Kier alpha value is -2.57. The van der Waals surface area contributed by atoms with Crippen LogP contribution >= 0.6 is 0 Å². The number of hydrogen-bond acceptors (Lipinski definition) is 5. The first-order valence-electron chi connectivity index (χ1n) is 5.43. The van der Waals surface area contributed by atoms with Crippen molar-refractivity contribution in [1.29, 1.82) is 0 Å². The van der Waals surface area contributed by atoms with E-state index in [2.05, 4.69) is 15.4 Å². The Kier molecular flexibility index (Phi) is 3.42. The fourth-order valence-electron chi connectivity index (χ4n) is 1.48. The third-order valence-corrected chi connectivity index (χ3v) is 2.34. The molecule has 0 spiro atoms. The molecule has 5 N–H and O–H groups in total. The Morgan fingerprint density at radius 2 is 2.33 bits per heavy atom. The molecule has 0 aliphatic carbocycles. The maximum atomic E-state index is 11.0. The number of carbonyl (C=O) groups is 1. The van der Waals surface area contributed by atoms with Crippen LogP contribution in [0.2, 0.25) is 0 Å².